The Balaban J connectivity index is 2.73. The van der Waals surface area contributed by atoms with E-state index in [9.17, 15) is 4.79 Å². The second kappa shape index (κ2) is 5.60. The van der Waals surface area contributed by atoms with Crippen molar-refractivity contribution >= 4 is 5.91 Å². The lowest BCUT2D eigenvalue weighted by Crippen LogP contribution is -2.50. The summed E-state index contributed by atoms with van der Waals surface area (Å²) >= 11 is 0. The van der Waals surface area contributed by atoms with Crippen LogP contribution in [0.25, 0.3) is 0 Å². The van der Waals surface area contributed by atoms with Crippen molar-refractivity contribution in [2.24, 2.45) is 23.0 Å². The highest BCUT2D eigenvalue weighted by atomic mass is 16.2. The van der Waals surface area contributed by atoms with Crippen molar-refractivity contribution in [1.82, 2.24) is 4.90 Å². The first kappa shape index (κ1) is 15.5. The van der Waals surface area contributed by atoms with Crippen LogP contribution < -0.4 is 5.73 Å². The molecule has 4 atom stereocenters. The van der Waals surface area contributed by atoms with Gasteiger partial charge in [-0.2, -0.15) is 0 Å². The Labute approximate surface area is 112 Å². The number of carbonyl (C=O) groups excluding carboxylic acids is 1. The summed E-state index contributed by atoms with van der Waals surface area (Å²) < 4.78 is 0. The zero-order valence-corrected chi connectivity index (χ0v) is 12.9. The van der Waals surface area contributed by atoms with E-state index in [0.29, 0.717) is 5.92 Å². The predicted octanol–water partition coefficient (Wildman–Crippen LogP) is 2.64. The van der Waals surface area contributed by atoms with Gasteiger partial charge < -0.3 is 10.6 Å². The summed E-state index contributed by atoms with van der Waals surface area (Å²) in [6.45, 7) is 10.9. The van der Waals surface area contributed by atoms with Gasteiger partial charge in [-0.25, -0.2) is 0 Å². The highest BCUT2D eigenvalue weighted by Crippen LogP contribution is 2.31. The van der Waals surface area contributed by atoms with Crippen LogP contribution in [0.15, 0.2) is 0 Å². The van der Waals surface area contributed by atoms with Gasteiger partial charge in [-0.3, -0.25) is 4.79 Å². The first-order valence-electron chi connectivity index (χ1n) is 7.16. The van der Waals surface area contributed by atoms with Crippen LogP contribution in [0.4, 0.5) is 0 Å². The standard InChI is InChI=1S/C15H30N2O/c1-10-7-8-13(16)12(9-10)14(18)17(6)11(2)15(3,4)5/h10-13H,7-9,16H2,1-6H3. The summed E-state index contributed by atoms with van der Waals surface area (Å²) in [5.74, 6) is 0.872. The van der Waals surface area contributed by atoms with Crippen molar-refractivity contribution in [2.45, 2.75) is 66.0 Å². The fourth-order valence-corrected chi connectivity index (χ4v) is 2.72. The smallest absolute Gasteiger partial charge is 0.227 e. The number of hydrogen-bond acceptors (Lipinski definition) is 2. The van der Waals surface area contributed by atoms with Crippen LogP contribution in [0.5, 0.6) is 0 Å². The minimum absolute atomic E-state index is 0.0172. The van der Waals surface area contributed by atoms with Crippen LogP contribution in [-0.4, -0.2) is 29.9 Å². The molecular formula is C15H30N2O. The van der Waals surface area contributed by atoms with Crippen molar-refractivity contribution < 1.29 is 4.79 Å². The summed E-state index contributed by atoms with van der Waals surface area (Å²) in [5.41, 5.74) is 6.25. The van der Waals surface area contributed by atoms with E-state index in [1.165, 1.54) is 0 Å². The van der Waals surface area contributed by atoms with Crippen LogP contribution in [-0.2, 0) is 4.79 Å². The van der Waals surface area contributed by atoms with Gasteiger partial charge in [0, 0.05) is 19.1 Å². The number of rotatable bonds is 2. The molecule has 4 unspecified atom stereocenters. The van der Waals surface area contributed by atoms with Gasteiger partial charge in [0.2, 0.25) is 5.91 Å². The summed E-state index contributed by atoms with van der Waals surface area (Å²) in [5, 5.41) is 0. The first-order chi connectivity index (χ1) is 8.14. The molecule has 0 radical (unpaired) electrons. The fraction of sp³-hybridized carbons (Fsp3) is 0.933. The fourth-order valence-electron chi connectivity index (χ4n) is 2.72. The van der Waals surface area contributed by atoms with E-state index >= 15 is 0 Å². The van der Waals surface area contributed by atoms with Crippen molar-refractivity contribution in [2.75, 3.05) is 7.05 Å². The molecule has 0 bridgehead atoms. The highest BCUT2D eigenvalue weighted by Gasteiger charge is 2.36. The summed E-state index contributed by atoms with van der Waals surface area (Å²) in [6.07, 6.45) is 3.08. The second-order valence-electron chi connectivity index (χ2n) is 7.18. The Kier molecular flexibility index (Phi) is 4.82. The minimum atomic E-state index is 0.0172. The van der Waals surface area contributed by atoms with Gasteiger partial charge in [0.05, 0.1) is 5.92 Å². The zero-order valence-electron chi connectivity index (χ0n) is 12.9. The van der Waals surface area contributed by atoms with E-state index in [1.807, 2.05) is 11.9 Å². The lowest BCUT2D eigenvalue weighted by atomic mass is 9.77. The lowest BCUT2D eigenvalue weighted by molar-refractivity contribution is -0.140. The number of hydrogen-bond donors (Lipinski definition) is 1. The Morgan fingerprint density at radius 2 is 1.89 bits per heavy atom. The van der Waals surface area contributed by atoms with E-state index in [0.717, 1.165) is 19.3 Å². The van der Waals surface area contributed by atoms with E-state index in [2.05, 4.69) is 34.6 Å². The molecule has 1 aliphatic carbocycles. The van der Waals surface area contributed by atoms with Crippen molar-refractivity contribution in [1.29, 1.82) is 0 Å². The average molecular weight is 254 g/mol. The van der Waals surface area contributed by atoms with Crippen LogP contribution in [0.3, 0.4) is 0 Å². The Morgan fingerprint density at radius 3 is 2.39 bits per heavy atom. The van der Waals surface area contributed by atoms with Crippen LogP contribution in [0, 0.1) is 17.3 Å². The number of carbonyl (C=O) groups is 1. The third-order valence-electron chi connectivity index (χ3n) is 4.67. The lowest BCUT2D eigenvalue weighted by Gasteiger charge is -2.40. The highest BCUT2D eigenvalue weighted by molar-refractivity contribution is 5.79. The molecule has 0 aromatic carbocycles. The molecule has 0 aliphatic heterocycles. The first-order valence-corrected chi connectivity index (χ1v) is 7.16. The van der Waals surface area contributed by atoms with Crippen molar-refractivity contribution in [3.8, 4) is 0 Å². The quantitative estimate of drug-likeness (QED) is 0.823. The van der Waals surface area contributed by atoms with Crippen LogP contribution in [0.2, 0.25) is 0 Å². The molecule has 1 aliphatic rings. The maximum atomic E-state index is 12.6. The number of nitrogens with two attached hydrogens (primary N) is 1. The van der Waals surface area contributed by atoms with E-state index in [1.54, 1.807) is 0 Å². The predicted molar refractivity (Wildman–Crippen MR) is 76.2 cm³/mol. The molecule has 106 valence electrons. The molecule has 1 fully saturated rings. The molecule has 0 saturated heterocycles. The van der Waals surface area contributed by atoms with Gasteiger partial charge in [-0.15, -0.1) is 0 Å². The van der Waals surface area contributed by atoms with E-state index in [4.69, 9.17) is 5.73 Å². The number of nitrogens with zero attached hydrogens (tertiary/aromatic N) is 1. The largest absolute Gasteiger partial charge is 0.342 e. The third-order valence-corrected chi connectivity index (χ3v) is 4.67. The van der Waals surface area contributed by atoms with E-state index in [-0.39, 0.29) is 29.3 Å². The topological polar surface area (TPSA) is 46.3 Å². The third kappa shape index (κ3) is 3.47. The SMILES string of the molecule is CC1CCC(N)C(C(=O)N(C)C(C)C(C)(C)C)C1. The molecule has 18 heavy (non-hydrogen) atoms. The number of amides is 1. The Hall–Kier alpha value is -0.570. The summed E-state index contributed by atoms with van der Waals surface area (Å²) in [7, 11) is 1.92. The van der Waals surface area contributed by atoms with Gasteiger partial charge in [0.1, 0.15) is 0 Å². The molecular weight excluding hydrogens is 224 g/mol. The molecule has 1 saturated carbocycles. The normalized spacial score (nSPS) is 30.9. The molecule has 2 N–H and O–H groups in total. The van der Waals surface area contributed by atoms with Crippen LogP contribution in [0.1, 0.15) is 53.9 Å². The van der Waals surface area contributed by atoms with Gasteiger partial charge in [-0.1, -0.05) is 27.7 Å². The summed E-state index contributed by atoms with van der Waals surface area (Å²) in [4.78, 5) is 14.5. The van der Waals surface area contributed by atoms with Crippen molar-refractivity contribution in [3.05, 3.63) is 0 Å². The molecule has 1 amide bonds. The molecule has 0 spiro atoms. The van der Waals surface area contributed by atoms with E-state index < -0.39 is 0 Å². The maximum absolute atomic E-state index is 12.6. The molecule has 3 heteroatoms. The Morgan fingerprint density at radius 1 is 1.33 bits per heavy atom. The Bertz CT molecular complexity index is 295. The molecule has 3 nitrogen and oxygen atoms in total. The second-order valence-corrected chi connectivity index (χ2v) is 7.18. The van der Waals surface area contributed by atoms with Crippen molar-refractivity contribution in [3.63, 3.8) is 0 Å². The maximum Gasteiger partial charge on any atom is 0.227 e. The van der Waals surface area contributed by atoms with Gasteiger partial charge in [0.15, 0.2) is 0 Å². The van der Waals surface area contributed by atoms with Gasteiger partial charge in [-0.05, 0) is 37.5 Å². The van der Waals surface area contributed by atoms with Crippen LogP contribution >= 0.6 is 0 Å². The monoisotopic (exact) mass is 254 g/mol. The van der Waals surface area contributed by atoms with Gasteiger partial charge >= 0.3 is 0 Å². The molecule has 1 rings (SSSR count). The molecule has 0 heterocycles. The summed E-state index contributed by atoms with van der Waals surface area (Å²) in [6, 6.07) is 0.276. The zero-order chi connectivity index (χ0) is 14.1. The molecule has 0 aromatic heterocycles. The minimum Gasteiger partial charge on any atom is -0.342 e. The molecule has 0 aromatic rings. The van der Waals surface area contributed by atoms with Gasteiger partial charge in [0.25, 0.3) is 0 Å². The average Bonchev–Trinajstić information content (AvgIpc) is 2.28.